The number of carboxylic acids is 1. The minimum absolute atomic E-state index is 0.206. The zero-order valence-corrected chi connectivity index (χ0v) is 9.71. The normalized spacial score (nSPS) is 15.7. The number of nitrogens with zero attached hydrogens (tertiary/aromatic N) is 3. The lowest BCUT2D eigenvalue weighted by Gasteiger charge is -2.25. The van der Waals surface area contributed by atoms with Crippen molar-refractivity contribution in [2.45, 2.75) is 12.8 Å². The van der Waals surface area contributed by atoms with Gasteiger partial charge in [-0.25, -0.2) is 4.79 Å². The van der Waals surface area contributed by atoms with Crippen molar-refractivity contribution >= 4 is 23.7 Å². The average molecular weight is 252 g/mol. The molecule has 0 aromatic carbocycles. The molecule has 0 saturated carbocycles. The molecule has 8 nitrogen and oxygen atoms in total. The number of aryl methyl sites for hydroxylation is 1. The van der Waals surface area contributed by atoms with Gasteiger partial charge in [-0.15, -0.1) is 0 Å². The molecule has 0 bridgehead atoms. The van der Waals surface area contributed by atoms with Gasteiger partial charge in [-0.1, -0.05) is 0 Å². The van der Waals surface area contributed by atoms with E-state index in [9.17, 15) is 14.4 Å². The molecule has 96 valence electrons. The molecule has 3 amide bonds. The number of aliphatic carboxylic acids is 1. The van der Waals surface area contributed by atoms with Crippen molar-refractivity contribution in [2.24, 2.45) is 7.05 Å². The molecule has 2 rings (SSSR count). The summed E-state index contributed by atoms with van der Waals surface area (Å²) in [4.78, 5) is 34.6. The summed E-state index contributed by atoms with van der Waals surface area (Å²) >= 11 is 0. The van der Waals surface area contributed by atoms with Gasteiger partial charge >= 0.3 is 12.0 Å². The van der Waals surface area contributed by atoms with Crippen molar-refractivity contribution in [1.82, 2.24) is 15.1 Å². The monoisotopic (exact) mass is 252 g/mol. The summed E-state index contributed by atoms with van der Waals surface area (Å²) < 4.78 is 1.42. The van der Waals surface area contributed by atoms with Gasteiger partial charge in [0.15, 0.2) is 0 Å². The third-order valence-electron chi connectivity index (χ3n) is 2.57. The second-order valence-corrected chi connectivity index (χ2v) is 3.94. The number of rotatable bonds is 3. The minimum Gasteiger partial charge on any atom is -0.481 e. The van der Waals surface area contributed by atoms with Gasteiger partial charge in [0.25, 0.3) is 0 Å². The lowest BCUT2D eigenvalue weighted by molar-refractivity contribution is -0.136. The van der Waals surface area contributed by atoms with E-state index in [0.717, 1.165) is 0 Å². The Bertz CT molecular complexity index is 522. The van der Waals surface area contributed by atoms with Crippen LogP contribution in [-0.4, -0.2) is 39.3 Å². The SMILES string of the molecule is Cn1nc(CC(=O)O)cc1N1CCC(=O)NC1=O. The van der Waals surface area contributed by atoms with E-state index in [1.165, 1.54) is 15.6 Å². The smallest absolute Gasteiger partial charge is 0.329 e. The number of carbonyl (C=O) groups excluding carboxylic acids is 2. The molecule has 0 radical (unpaired) electrons. The number of urea groups is 1. The number of hydrogen-bond donors (Lipinski definition) is 2. The largest absolute Gasteiger partial charge is 0.481 e. The van der Waals surface area contributed by atoms with E-state index in [1.54, 1.807) is 7.05 Å². The van der Waals surface area contributed by atoms with Crippen LogP contribution in [0.1, 0.15) is 12.1 Å². The van der Waals surface area contributed by atoms with E-state index in [4.69, 9.17) is 5.11 Å². The van der Waals surface area contributed by atoms with Crippen LogP contribution >= 0.6 is 0 Å². The summed E-state index contributed by atoms with van der Waals surface area (Å²) in [6.45, 7) is 0.261. The van der Waals surface area contributed by atoms with Crippen LogP contribution in [0.15, 0.2) is 6.07 Å². The fraction of sp³-hybridized carbons (Fsp3) is 0.400. The lowest BCUT2D eigenvalue weighted by atomic mass is 10.3. The Morgan fingerprint density at radius 2 is 2.28 bits per heavy atom. The highest BCUT2D eigenvalue weighted by Gasteiger charge is 2.26. The number of hydrogen-bond acceptors (Lipinski definition) is 4. The van der Waals surface area contributed by atoms with Crippen LogP contribution in [0, 0.1) is 0 Å². The standard InChI is InChI=1S/C10H12N4O4/c1-13-8(4-6(12-13)5-9(16)17)14-3-2-7(15)11-10(14)18/h4H,2-3,5H2,1H3,(H,16,17)(H,11,15,18). The zero-order chi connectivity index (χ0) is 13.3. The highest BCUT2D eigenvalue weighted by Crippen LogP contribution is 2.18. The summed E-state index contributed by atoms with van der Waals surface area (Å²) in [5, 5.41) is 14.9. The lowest BCUT2D eigenvalue weighted by Crippen LogP contribution is -2.50. The van der Waals surface area contributed by atoms with Crippen LogP contribution in [0.25, 0.3) is 0 Å². The molecule has 2 N–H and O–H groups in total. The number of carbonyl (C=O) groups is 3. The third kappa shape index (κ3) is 2.31. The average Bonchev–Trinajstić information content (AvgIpc) is 2.58. The molecule has 0 aliphatic carbocycles. The summed E-state index contributed by atoms with van der Waals surface area (Å²) in [5.41, 5.74) is 0.365. The molecule has 2 heterocycles. The van der Waals surface area contributed by atoms with Gasteiger partial charge in [0.05, 0.1) is 12.1 Å². The zero-order valence-electron chi connectivity index (χ0n) is 9.71. The number of carboxylic acid groups (broad SMARTS) is 1. The first-order chi connectivity index (χ1) is 8.47. The summed E-state index contributed by atoms with van der Waals surface area (Å²) in [6.07, 6.45) is 0.00735. The van der Waals surface area contributed by atoms with Crippen LogP contribution < -0.4 is 10.2 Å². The second-order valence-electron chi connectivity index (χ2n) is 3.94. The van der Waals surface area contributed by atoms with Crippen LogP contribution in [0.3, 0.4) is 0 Å². The minimum atomic E-state index is -0.988. The molecular formula is C10H12N4O4. The molecule has 1 aromatic rings. The molecular weight excluding hydrogens is 240 g/mol. The van der Waals surface area contributed by atoms with E-state index < -0.39 is 12.0 Å². The number of aromatic nitrogens is 2. The van der Waals surface area contributed by atoms with Crippen molar-refractivity contribution in [3.05, 3.63) is 11.8 Å². The molecule has 1 saturated heterocycles. The molecule has 0 unspecified atom stereocenters. The molecule has 8 heteroatoms. The molecule has 1 aliphatic heterocycles. The van der Waals surface area contributed by atoms with Crippen molar-refractivity contribution in [3.8, 4) is 0 Å². The maximum Gasteiger partial charge on any atom is 0.329 e. The van der Waals surface area contributed by atoms with Crippen molar-refractivity contribution in [3.63, 3.8) is 0 Å². The predicted octanol–water partition coefficient (Wildman–Crippen LogP) is -0.506. The molecule has 0 spiro atoms. The summed E-state index contributed by atoms with van der Waals surface area (Å²) in [7, 11) is 1.62. The first-order valence-corrected chi connectivity index (χ1v) is 5.33. The number of imide groups is 1. The molecule has 0 atom stereocenters. The van der Waals surface area contributed by atoms with E-state index in [2.05, 4.69) is 10.4 Å². The van der Waals surface area contributed by atoms with E-state index >= 15 is 0 Å². The van der Waals surface area contributed by atoms with Crippen molar-refractivity contribution < 1.29 is 19.5 Å². The third-order valence-corrected chi connectivity index (χ3v) is 2.57. The van der Waals surface area contributed by atoms with E-state index in [-0.39, 0.29) is 25.3 Å². The van der Waals surface area contributed by atoms with Gasteiger partial charge in [0, 0.05) is 26.1 Å². The van der Waals surface area contributed by atoms with Gasteiger partial charge < -0.3 is 5.11 Å². The Balaban J connectivity index is 2.22. The maximum absolute atomic E-state index is 11.6. The van der Waals surface area contributed by atoms with Gasteiger partial charge in [-0.3, -0.25) is 24.5 Å². The predicted molar refractivity (Wildman–Crippen MR) is 60.0 cm³/mol. The van der Waals surface area contributed by atoms with E-state index in [1.807, 2.05) is 0 Å². The second kappa shape index (κ2) is 4.47. The highest BCUT2D eigenvalue weighted by molar-refractivity contribution is 6.05. The highest BCUT2D eigenvalue weighted by atomic mass is 16.4. The Kier molecular flexibility index (Phi) is 3.00. The fourth-order valence-electron chi connectivity index (χ4n) is 1.79. The summed E-state index contributed by atoms with van der Waals surface area (Å²) in [6, 6.07) is 1.01. The van der Waals surface area contributed by atoms with Crippen molar-refractivity contribution in [1.29, 1.82) is 0 Å². The van der Waals surface area contributed by atoms with Crippen LogP contribution in [-0.2, 0) is 23.1 Å². The first-order valence-electron chi connectivity index (χ1n) is 5.33. The number of nitrogens with one attached hydrogen (secondary N) is 1. The molecule has 18 heavy (non-hydrogen) atoms. The van der Waals surface area contributed by atoms with Gasteiger partial charge in [0.2, 0.25) is 5.91 Å². The molecule has 1 aliphatic rings. The quantitative estimate of drug-likeness (QED) is 0.754. The van der Waals surface area contributed by atoms with Gasteiger partial charge in [-0.2, -0.15) is 5.10 Å². The fourth-order valence-corrected chi connectivity index (χ4v) is 1.79. The Morgan fingerprint density at radius 1 is 1.56 bits per heavy atom. The topological polar surface area (TPSA) is 105 Å². The van der Waals surface area contributed by atoms with Gasteiger partial charge in [-0.05, 0) is 0 Å². The molecule has 1 fully saturated rings. The maximum atomic E-state index is 11.6. The van der Waals surface area contributed by atoms with E-state index in [0.29, 0.717) is 11.5 Å². The Morgan fingerprint density at radius 3 is 2.89 bits per heavy atom. The number of amides is 3. The van der Waals surface area contributed by atoms with Crippen LogP contribution in [0.4, 0.5) is 10.6 Å². The Hall–Kier alpha value is -2.38. The number of anilines is 1. The Labute approximate surface area is 102 Å². The summed E-state index contributed by atoms with van der Waals surface area (Å²) in [5.74, 6) is -0.835. The van der Waals surface area contributed by atoms with Crippen molar-refractivity contribution in [2.75, 3.05) is 11.4 Å². The van der Waals surface area contributed by atoms with Crippen LogP contribution in [0.5, 0.6) is 0 Å². The van der Waals surface area contributed by atoms with Crippen LogP contribution in [0.2, 0.25) is 0 Å². The molecule has 1 aromatic heterocycles. The van der Waals surface area contributed by atoms with Gasteiger partial charge in [0.1, 0.15) is 5.82 Å². The first kappa shape index (κ1) is 12.1.